The number of amides is 1. The van der Waals surface area contributed by atoms with Gasteiger partial charge in [0.1, 0.15) is 5.82 Å². The van der Waals surface area contributed by atoms with Crippen LogP contribution in [-0.4, -0.2) is 24.3 Å². The van der Waals surface area contributed by atoms with Gasteiger partial charge in [-0.15, -0.1) is 0 Å². The molecule has 3 rings (SSSR count). The molecule has 26 heavy (non-hydrogen) atoms. The van der Waals surface area contributed by atoms with E-state index >= 15 is 0 Å². The fourth-order valence-electron chi connectivity index (χ4n) is 2.09. The van der Waals surface area contributed by atoms with E-state index in [1.807, 2.05) is 0 Å². The van der Waals surface area contributed by atoms with Gasteiger partial charge >= 0.3 is 0 Å². The number of carbonyl (C=O) groups is 1. The van der Waals surface area contributed by atoms with E-state index in [1.54, 1.807) is 18.3 Å². The van der Waals surface area contributed by atoms with Crippen LogP contribution in [0.25, 0.3) is 0 Å². The molecular weight excluding hydrogens is 359 g/mol. The van der Waals surface area contributed by atoms with Crippen molar-refractivity contribution in [3.05, 3.63) is 78.6 Å². The SMILES string of the molecule is O=C(Nc1cccnc1)c1cncc(NS(=O)(=O)c2ccc(F)cc2)c1. The van der Waals surface area contributed by atoms with Crippen molar-refractivity contribution in [2.75, 3.05) is 10.0 Å². The Kier molecular flexibility index (Phi) is 4.90. The number of rotatable bonds is 5. The average molecular weight is 372 g/mol. The molecule has 7 nitrogen and oxygen atoms in total. The average Bonchev–Trinajstić information content (AvgIpc) is 2.63. The quantitative estimate of drug-likeness (QED) is 0.717. The molecule has 0 bridgehead atoms. The fraction of sp³-hybridized carbons (Fsp3) is 0. The smallest absolute Gasteiger partial charge is 0.261 e. The van der Waals surface area contributed by atoms with Crippen LogP contribution in [0.3, 0.4) is 0 Å². The number of nitrogens with one attached hydrogen (secondary N) is 2. The maximum absolute atomic E-state index is 12.9. The third-order valence-electron chi connectivity index (χ3n) is 3.30. The Labute approximate surface area is 149 Å². The zero-order valence-electron chi connectivity index (χ0n) is 13.3. The fourth-order valence-corrected chi connectivity index (χ4v) is 3.12. The highest BCUT2D eigenvalue weighted by Gasteiger charge is 2.15. The summed E-state index contributed by atoms with van der Waals surface area (Å²) in [7, 11) is -3.93. The van der Waals surface area contributed by atoms with E-state index in [9.17, 15) is 17.6 Å². The molecule has 0 fully saturated rings. The lowest BCUT2D eigenvalue weighted by Gasteiger charge is -2.09. The van der Waals surface area contributed by atoms with Gasteiger partial charge in [0, 0.05) is 12.4 Å². The molecule has 0 saturated heterocycles. The molecule has 0 spiro atoms. The third kappa shape index (κ3) is 4.19. The van der Waals surface area contributed by atoms with E-state index in [0.717, 1.165) is 24.3 Å². The van der Waals surface area contributed by atoms with Gasteiger partial charge in [-0.3, -0.25) is 19.5 Å². The number of anilines is 2. The van der Waals surface area contributed by atoms with Crippen molar-refractivity contribution in [2.24, 2.45) is 0 Å². The second kappa shape index (κ2) is 7.28. The van der Waals surface area contributed by atoms with E-state index < -0.39 is 21.7 Å². The van der Waals surface area contributed by atoms with Gasteiger partial charge in [0.15, 0.2) is 0 Å². The van der Waals surface area contributed by atoms with E-state index in [0.29, 0.717) is 5.69 Å². The Bertz CT molecular complexity index is 1030. The van der Waals surface area contributed by atoms with Crippen molar-refractivity contribution < 1.29 is 17.6 Å². The molecule has 0 aliphatic carbocycles. The molecule has 0 atom stereocenters. The molecule has 0 aliphatic heterocycles. The van der Waals surface area contributed by atoms with Crippen LogP contribution in [0.4, 0.5) is 15.8 Å². The molecule has 0 radical (unpaired) electrons. The second-order valence-corrected chi connectivity index (χ2v) is 6.90. The summed E-state index contributed by atoms with van der Waals surface area (Å²) in [5.41, 5.74) is 0.760. The lowest BCUT2D eigenvalue weighted by molar-refractivity contribution is 0.102. The van der Waals surface area contributed by atoms with Gasteiger partial charge < -0.3 is 5.32 Å². The zero-order valence-corrected chi connectivity index (χ0v) is 14.1. The number of sulfonamides is 1. The molecule has 0 saturated carbocycles. The maximum atomic E-state index is 12.9. The predicted octanol–water partition coefficient (Wildman–Crippen LogP) is 2.67. The summed E-state index contributed by atoms with van der Waals surface area (Å²) in [5, 5.41) is 2.63. The van der Waals surface area contributed by atoms with Crippen molar-refractivity contribution in [2.45, 2.75) is 4.90 Å². The number of aromatic nitrogens is 2. The number of carbonyl (C=O) groups excluding carboxylic acids is 1. The Morgan fingerprint density at radius 2 is 1.69 bits per heavy atom. The number of benzene rings is 1. The van der Waals surface area contributed by atoms with Gasteiger partial charge in [0.2, 0.25) is 0 Å². The first-order valence-electron chi connectivity index (χ1n) is 7.39. The number of hydrogen-bond donors (Lipinski definition) is 2. The normalized spacial score (nSPS) is 11.0. The summed E-state index contributed by atoms with van der Waals surface area (Å²) in [6.07, 6.45) is 5.62. The molecule has 1 amide bonds. The molecule has 0 aliphatic rings. The third-order valence-corrected chi connectivity index (χ3v) is 4.69. The van der Waals surface area contributed by atoms with Crippen molar-refractivity contribution in [1.29, 1.82) is 0 Å². The van der Waals surface area contributed by atoms with Gasteiger partial charge in [0.25, 0.3) is 15.9 Å². The zero-order chi connectivity index (χ0) is 18.6. The van der Waals surface area contributed by atoms with Gasteiger partial charge in [-0.2, -0.15) is 0 Å². The summed E-state index contributed by atoms with van der Waals surface area (Å²) in [6.45, 7) is 0. The number of nitrogens with zero attached hydrogens (tertiary/aromatic N) is 2. The standard InChI is InChI=1S/C17H13FN4O3S/c18-13-3-5-16(6-4-13)26(24,25)22-15-8-12(9-20-11-15)17(23)21-14-2-1-7-19-10-14/h1-11,22H,(H,21,23). The molecule has 2 heterocycles. The molecule has 2 N–H and O–H groups in total. The van der Waals surface area contributed by atoms with Crippen LogP contribution >= 0.6 is 0 Å². The second-order valence-electron chi connectivity index (χ2n) is 5.22. The van der Waals surface area contributed by atoms with Gasteiger partial charge in [-0.05, 0) is 42.5 Å². The minimum atomic E-state index is -3.93. The molecule has 3 aromatic rings. The molecule has 2 aromatic heterocycles. The summed E-state index contributed by atoms with van der Waals surface area (Å²) < 4.78 is 39.9. The van der Waals surface area contributed by atoms with Crippen LogP contribution < -0.4 is 10.0 Å². The van der Waals surface area contributed by atoms with E-state index in [-0.39, 0.29) is 16.1 Å². The first kappa shape index (κ1) is 17.5. The molecule has 1 aromatic carbocycles. The van der Waals surface area contributed by atoms with Crippen LogP contribution in [-0.2, 0) is 10.0 Å². The van der Waals surface area contributed by atoms with E-state index in [4.69, 9.17) is 0 Å². The Hall–Kier alpha value is -3.33. The highest BCUT2D eigenvalue weighted by Crippen LogP contribution is 2.17. The monoisotopic (exact) mass is 372 g/mol. The number of pyridine rings is 2. The Balaban J connectivity index is 1.78. The molecule has 132 valence electrons. The van der Waals surface area contributed by atoms with E-state index in [2.05, 4.69) is 20.0 Å². The van der Waals surface area contributed by atoms with Gasteiger partial charge in [0.05, 0.1) is 34.2 Å². The number of hydrogen-bond acceptors (Lipinski definition) is 5. The van der Waals surface area contributed by atoms with Gasteiger partial charge in [-0.25, -0.2) is 12.8 Å². The summed E-state index contributed by atoms with van der Waals surface area (Å²) >= 11 is 0. The molecule has 9 heteroatoms. The minimum absolute atomic E-state index is 0.105. The van der Waals surface area contributed by atoms with Crippen molar-refractivity contribution in [3.8, 4) is 0 Å². The Morgan fingerprint density at radius 3 is 2.38 bits per heavy atom. The summed E-state index contributed by atoms with van der Waals surface area (Å²) in [5.74, 6) is -1.01. The van der Waals surface area contributed by atoms with Crippen molar-refractivity contribution in [1.82, 2.24) is 9.97 Å². The lowest BCUT2D eigenvalue weighted by Crippen LogP contribution is -2.15. The van der Waals surface area contributed by atoms with Crippen LogP contribution in [0, 0.1) is 5.82 Å². The minimum Gasteiger partial charge on any atom is -0.321 e. The largest absolute Gasteiger partial charge is 0.321 e. The highest BCUT2D eigenvalue weighted by atomic mass is 32.2. The molecule has 0 unspecified atom stereocenters. The van der Waals surface area contributed by atoms with Crippen LogP contribution in [0.2, 0.25) is 0 Å². The highest BCUT2D eigenvalue weighted by molar-refractivity contribution is 7.92. The number of halogens is 1. The Morgan fingerprint density at radius 1 is 0.962 bits per heavy atom. The topological polar surface area (TPSA) is 101 Å². The predicted molar refractivity (Wildman–Crippen MR) is 93.6 cm³/mol. The summed E-state index contributed by atoms with van der Waals surface area (Å²) in [4.78, 5) is 19.9. The van der Waals surface area contributed by atoms with E-state index in [1.165, 1.54) is 24.7 Å². The van der Waals surface area contributed by atoms with Crippen molar-refractivity contribution >= 4 is 27.3 Å². The van der Waals surface area contributed by atoms with Crippen LogP contribution in [0.15, 0.2) is 72.1 Å². The first-order chi connectivity index (χ1) is 12.4. The van der Waals surface area contributed by atoms with Crippen LogP contribution in [0.1, 0.15) is 10.4 Å². The summed E-state index contributed by atoms with van der Waals surface area (Å²) in [6, 6.07) is 9.06. The first-order valence-corrected chi connectivity index (χ1v) is 8.87. The van der Waals surface area contributed by atoms with Crippen LogP contribution in [0.5, 0.6) is 0 Å². The van der Waals surface area contributed by atoms with Gasteiger partial charge in [-0.1, -0.05) is 0 Å². The molecular formula is C17H13FN4O3S. The van der Waals surface area contributed by atoms with Crippen molar-refractivity contribution in [3.63, 3.8) is 0 Å². The lowest BCUT2D eigenvalue weighted by atomic mass is 10.2. The maximum Gasteiger partial charge on any atom is 0.261 e.